The predicted molar refractivity (Wildman–Crippen MR) is 43.6 cm³/mol. The van der Waals surface area contributed by atoms with Crippen LogP contribution >= 0.6 is 0 Å². The van der Waals surface area contributed by atoms with Crippen LogP contribution in [0.15, 0.2) is 11.0 Å². The Kier molecular flexibility index (Phi) is 2.48. The summed E-state index contributed by atoms with van der Waals surface area (Å²) in [5, 5.41) is 0. The molecule has 0 saturated heterocycles. The lowest BCUT2D eigenvalue weighted by atomic mass is 10.3. The van der Waals surface area contributed by atoms with Crippen molar-refractivity contribution in [3.05, 3.63) is 22.2 Å². The average molecular weight is 184 g/mol. The normalized spacial score (nSPS) is 9.54. The van der Waals surface area contributed by atoms with Crippen LogP contribution in [0.3, 0.4) is 0 Å². The van der Waals surface area contributed by atoms with E-state index in [4.69, 9.17) is 11.5 Å². The molecule has 0 saturated carbocycles. The second-order valence-electron chi connectivity index (χ2n) is 2.22. The van der Waals surface area contributed by atoms with Crippen LogP contribution in [0.1, 0.15) is 5.56 Å². The van der Waals surface area contributed by atoms with Gasteiger partial charge in [-0.25, -0.2) is 9.59 Å². The number of nitrogen functional groups attached to an aromatic ring is 1. The highest BCUT2D eigenvalue weighted by atomic mass is 16.5. The van der Waals surface area contributed by atoms with Crippen molar-refractivity contribution < 1.29 is 9.53 Å². The number of amides is 1. The van der Waals surface area contributed by atoms with Crippen LogP contribution in [0, 0.1) is 0 Å². The van der Waals surface area contributed by atoms with Gasteiger partial charge in [0, 0.05) is 11.8 Å². The van der Waals surface area contributed by atoms with Gasteiger partial charge in [0.05, 0.1) is 0 Å². The number of H-pyrrole nitrogens is 1. The molecule has 13 heavy (non-hydrogen) atoms. The highest BCUT2D eigenvalue weighted by molar-refractivity contribution is 5.64. The third-order valence-electron chi connectivity index (χ3n) is 1.29. The van der Waals surface area contributed by atoms with E-state index < -0.39 is 11.8 Å². The van der Waals surface area contributed by atoms with E-state index >= 15 is 0 Å². The van der Waals surface area contributed by atoms with Crippen LogP contribution in [0.2, 0.25) is 0 Å². The maximum absolute atomic E-state index is 10.6. The highest BCUT2D eigenvalue weighted by Gasteiger charge is 2.02. The minimum atomic E-state index is -0.911. The van der Waals surface area contributed by atoms with E-state index in [1.807, 2.05) is 0 Å². The molecule has 0 radical (unpaired) electrons. The van der Waals surface area contributed by atoms with Crippen molar-refractivity contribution in [2.24, 2.45) is 5.73 Å². The van der Waals surface area contributed by atoms with Gasteiger partial charge in [-0.1, -0.05) is 0 Å². The molecule has 0 spiro atoms. The molecule has 7 heteroatoms. The first-order valence-corrected chi connectivity index (χ1v) is 3.36. The van der Waals surface area contributed by atoms with Gasteiger partial charge < -0.3 is 21.2 Å². The maximum Gasteiger partial charge on any atom is 0.404 e. The van der Waals surface area contributed by atoms with Gasteiger partial charge in [0.2, 0.25) is 0 Å². The Labute approximate surface area is 72.7 Å². The summed E-state index contributed by atoms with van der Waals surface area (Å²) in [7, 11) is 0. The van der Waals surface area contributed by atoms with Crippen LogP contribution < -0.4 is 17.2 Å². The molecular weight excluding hydrogens is 176 g/mol. The zero-order valence-corrected chi connectivity index (χ0v) is 6.61. The van der Waals surface area contributed by atoms with Crippen molar-refractivity contribution in [2.45, 2.75) is 6.61 Å². The number of nitrogens with zero attached hydrogens (tertiary/aromatic N) is 1. The van der Waals surface area contributed by atoms with E-state index in [1.165, 1.54) is 6.20 Å². The van der Waals surface area contributed by atoms with Crippen LogP contribution in [-0.2, 0) is 11.3 Å². The number of nitrogens with two attached hydrogens (primary N) is 2. The van der Waals surface area contributed by atoms with Gasteiger partial charge in [-0.05, 0) is 0 Å². The van der Waals surface area contributed by atoms with Gasteiger partial charge in [0.1, 0.15) is 12.4 Å². The molecule has 0 aliphatic heterocycles. The SMILES string of the molecule is NC(=O)OCc1c[nH]c(=O)nc1N. The van der Waals surface area contributed by atoms with Crippen molar-refractivity contribution in [1.29, 1.82) is 0 Å². The van der Waals surface area contributed by atoms with Crippen molar-refractivity contribution in [1.82, 2.24) is 9.97 Å². The molecule has 0 bridgehead atoms. The summed E-state index contributed by atoms with van der Waals surface area (Å²) >= 11 is 0. The van der Waals surface area contributed by atoms with Crippen molar-refractivity contribution in [2.75, 3.05) is 5.73 Å². The van der Waals surface area contributed by atoms with E-state index in [0.717, 1.165) is 0 Å². The summed E-state index contributed by atoms with van der Waals surface area (Å²) in [6.45, 7) is -0.106. The minimum Gasteiger partial charge on any atom is -0.445 e. The van der Waals surface area contributed by atoms with E-state index in [9.17, 15) is 9.59 Å². The zero-order chi connectivity index (χ0) is 9.84. The average Bonchev–Trinajstić information content (AvgIpc) is 2.02. The summed E-state index contributed by atoms with van der Waals surface area (Å²) in [4.78, 5) is 26.5. The predicted octanol–water partition coefficient (Wildman–Crippen LogP) is -1.05. The van der Waals surface area contributed by atoms with Gasteiger partial charge in [0.15, 0.2) is 0 Å². The highest BCUT2D eigenvalue weighted by Crippen LogP contribution is 2.04. The topological polar surface area (TPSA) is 124 Å². The third-order valence-corrected chi connectivity index (χ3v) is 1.29. The fraction of sp³-hybridized carbons (Fsp3) is 0.167. The molecule has 5 N–H and O–H groups in total. The molecule has 0 aromatic carbocycles. The minimum absolute atomic E-state index is 0.0185. The van der Waals surface area contributed by atoms with Gasteiger partial charge in [-0.3, -0.25) is 0 Å². The molecule has 0 atom stereocenters. The number of anilines is 1. The number of rotatable bonds is 2. The molecule has 1 rings (SSSR count). The monoisotopic (exact) mass is 184 g/mol. The summed E-state index contributed by atoms with van der Waals surface area (Å²) in [5.41, 5.74) is 9.92. The number of carbonyl (C=O) groups excluding carboxylic acids is 1. The number of aromatic amines is 1. The molecule has 0 unspecified atom stereocenters. The summed E-state index contributed by atoms with van der Waals surface area (Å²) in [6.07, 6.45) is 0.402. The van der Waals surface area contributed by atoms with E-state index in [0.29, 0.717) is 5.56 Å². The second-order valence-corrected chi connectivity index (χ2v) is 2.22. The van der Waals surface area contributed by atoms with Crippen molar-refractivity contribution >= 4 is 11.9 Å². The first-order chi connectivity index (χ1) is 6.09. The molecule has 0 aliphatic rings. The van der Waals surface area contributed by atoms with E-state index in [-0.39, 0.29) is 12.4 Å². The van der Waals surface area contributed by atoms with Crippen LogP contribution in [-0.4, -0.2) is 16.1 Å². The summed E-state index contributed by atoms with van der Waals surface area (Å²) in [6, 6.07) is 0. The van der Waals surface area contributed by atoms with Crippen LogP contribution in [0.25, 0.3) is 0 Å². The lowest BCUT2D eigenvalue weighted by molar-refractivity contribution is 0.150. The molecule has 7 nitrogen and oxygen atoms in total. The molecule has 0 aliphatic carbocycles. The van der Waals surface area contributed by atoms with Crippen LogP contribution in [0.4, 0.5) is 10.6 Å². The number of carbonyl (C=O) groups is 1. The number of ether oxygens (including phenoxy) is 1. The molecular formula is C6H8N4O3. The number of aromatic nitrogens is 2. The lowest BCUT2D eigenvalue weighted by Gasteiger charge is -2.02. The Bertz CT molecular complexity index is 372. The summed E-state index contributed by atoms with van der Waals surface area (Å²) < 4.78 is 4.45. The smallest absolute Gasteiger partial charge is 0.404 e. The Morgan fingerprint density at radius 1 is 1.69 bits per heavy atom. The standard InChI is InChI=1S/C6H8N4O3/c7-4-3(2-13-5(8)11)1-9-6(12)10-4/h1H,2H2,(H2,8,11)(H3,7,9,10,12). The molecule has 1 heterocycles. The van der Waals surface area contributed by atoms with Crippen molar-refractivity contribution in [3.8, 4) is 0 Å². The summed E-state index contributed by atoms with van der Waals surface area (Å²) in [5.74, 6) is 0.0185. The molecule has 1 aromatic heterocycles. The fourth-order valence-electron chi connectivity index (χ4n) is 0.701. The molecule has 1 amide bonds. The third kappa shape index (κ3) is 2.47. The number of hydrogen-bond donors (Lipinski definition) is 3. The molecule has 1 aromatic rings. The van der Waals surface area contributed by atoms with E-state index in [2.05, 4.69) is 14.7 Å². The largest absolute Gasteiger partial charge is 0.445 e. The first kappa shape index (κ1) is 9.04. The Hall–Kier alpha value is -2.05. The van der Waals surface area contributed by atoms with Gasteiger partial charge in [0.25, 0.3) is 0 Å². The Balaban J connectivity index is 2.78. The van der Waals surface area contributed by atoms with Gasteiger partial charge in [-0.15, -0.1) is 0 Å². The Morgan fingerprint density at radius 2 is 2.38 bits per heavy atom. The van der Waals surface area contributed by atoms with Crippen molar-refractivity contribution in [3.63, 3.8) is 0 Å². The number of primary amides is 1. The lowest BCUT2D eigenvalue weighted by Crippen LogP contribution is -2.17. The van der Waals surface area contributed by atoms with E-state index in [1.54, 1.807) is 0 Å². The Morgan fingerprint density at radius 3 is 2.92 bits per heavy atom. The number of hydrogen-bond acceptors (Lipinski definition) is 5. The maximum atomic E-state index is 10.6. The molecule has 0 fully saturated rings. The molecule has 70 valence electrons. The van der Waals surface area contributed by atoms with Gasteiger partial charge in [-0.2, -0.15) is 4.98 Å². The first-order valence-electron chi connectivity index (χ1n) is 3.36. The van der Waals surface area contributed by atoms with Crippen LogP contribution in [0.5, 0.6) is 0 Å². The zero-order valence-electron chi connectivity index (χ0n) is 6.61. The number of nitrogens with one attached hydrogen (secondary N) is 1. The second kappa shape index (κ2) is 3.57. The quantitative estimate of drug-likeness (QED) is 0.540. The fourth-order valence-corrected chi connectivity index (χ4v) is 0.701. The van der Waals surface area contributed by atoms with Gasteiger partial charge >= 0.3 is 11.8 Å².